The number of aliphatic carboxylic acids is 1. The van der Waals surface area contributed by atoms with Crippen molar-refractivity contribution in [2.45, 2.75) is 18.9 Å². The predicted molar refractivity (Wildman–Crippen MR) is 63.0 cm³/mol. The lowest BCUT2D eigenvalue weighted by atomic mass is 10.1. The van der Waals surface area contributed by atoms with Gasteiger partial charge in [0.1, 0.15) is 6.04 Å². The van der Waals surface area contributed by atoms with E-state index in [1.165, 1.54) is 0 Å². The maximum atomic E-state index is 10.7. The standard InChI is InChI=1S/C12H14N2O3/c15-12(16)11(14-17)6-5-8-7-13-10-4-2-1-3-9(8)10/h1-4,7,11,13-14,17H,5-6H2,(H,15,16)/t11-/m1/s1. The molecule has 1 heterocycles. The fraction of sp³-hybridized carbons (Fsp3) is 0.250. The second-order valence-corrected chi connectivity index (χ2v) is 3.92. The molecule has 0 bridgehead atoms. The molecule has 0 saturated carbocycles. The Balaban J connectivity index is 2.11. The summed E-state index contributed by atoms with van der Waals surface area (Å²) in [6.07, 6.45) is 2.81. The maximum absolute atomic E-state index is 10.7. The van der Waals surface area contributed by atoms with Gasteiger partial charge in [-0.3, -0.25) is 4.79 Å². The zero-order chi connectivity index (χ0) is 12.3. The first-order chi connectivity index (χ1) is 8.22. The van der Waals surface area contributed by atoms with Crippen molar-refractivity contribution >= 4 is 16.9 Å². The van der Waals surface area contributed by atoms with E-state index in [9.17, 15) is 4.79 Å². The molecule has 1 atom stereocenters. The highest BCUT2D eigenvalue weighted by molar-refractivity contribution is 5.83. The van der Waals surface area contributed by atoms with Crippen molar-refractivity contribution in [2.24, 2.45) is 0 Å². The Morgan fingerprint density at radius 1 is 1.41 bits per heavy atom. The van der Waals surface area contributed by atoms with Gasteiger partial charge in [0.25, 0.3) is 0 Å². The summed E-state index contributed by atoms with van der Waals surface area (Å²) in [5.41, 5.74) is 3.89. The van der Waals surface area contributed by atoms with E-state index in [2.05, 4.69) is 4.98 Å². The third-order valence-corrected chi connectivity index (χ3v) is 2.83. The normalized spacial score (nSPS) is 12.8. The molecule has 0 saturated heterocycles. The van der Waals surface area contributed by atoms with E-state index < -0.39 is 12.0 Å². The molecule has 0 aliphatic rings. The number of hydroxylamine groups is 1. The largest absolute Gasteiger partial charge is 0.480 e. The Morgan fingerprint density at radius 2 is 2.18 bits per heavy atom. The van der Waals surface area contributed by atoms with Crippen LogP contribution in [0.2, 0.25) is 0 Å². The summed E-state index contributed by atoms with van der Waals surface area (Å²) in [6, 6.07) is 6.92. The Morgan fingerprint density at radius 3 is 2.88 bits per heavy atom. The highest BCUT2D eigenvalue weighted by Gasteiger charge is 2.16. The monoisotopic (exact) mass is 234 g/mol. The minimum absolute atomic E-state index is 0.341. The smallest absolute Gasteiger partial charge is 0.323 e. The SMILES string of the molecule is O=C(O)[C@@H](CCc1c[nH]c2ccccc12)NO. The quantitative estimate of drug-likeness (QED) is 0.591. The molecule has 2 rings (SSSR count). The van der Waals surface area contributed by atoms with Gasteiger partial charge >= 0.3 is 5.97 Å². The Hall–Kier alpha value is -1.85. The highest BCUT2D eigenvalue weighted by atomic mass is 16.5. The lowest BCUT2D eigenvalue weighted by molar-refractivity contribution is -0.142. The first-order valence-electron chi connectivity index (χ1n) is 5.40. The predicted octanol–water partition coefficient (Wildman–Crippen LogP) is 1.53. The fourth-order valence-corrected chi connectivity index (χ4v) is 1.88. The summed E-state index contributed by atoms with van der Waals surface area (Å²) in [6.45, 7) is 0. The first kappa shape index (κ1) is 11.6. The van der Waals surface area contributed by atoms with Crippen LogP contribution in [0.5, 0.6) is 0 Å². The van der Waals surface area contributed by atoms with Crippen LogP contribution < -0.4 is 5.48 Å². The van der Waals surface area contributed by atoms with Gasteiger partial charge in [0.05, 0.1) is 0 Å². The van der Waals surface area contributed by atoms with E-state index in [0.29, 0.717) is 12.8 Å². The van der Waals surface area contributed by atoms with Crippen LogP contribution in [0.1, 0.15) is 12.0 Å². The minimum atomic E-state index is -1.05. The van der Waals surface area contributed by atoms with Gasteiger partial charge < -0.3 is 15.3 Å². The molecule has 5 heteroatoms. The molecule has 0 unspecified atom stereocenters. The number of nitrogens with one attached hydrogen (secondary N) is 2. The molecule has 0 aliphatic carbocycles. The number of hydrogen-bond donors (Lipinski definition) is 4. The number of fused-ring (bicyclic) bond motifs is 1. The number of hydrogen-bond acceptors (Lipinski definition) is 3. The van der Waals surface area contributed by atoms with Gasteiger partial charge in [0.15, 0.2) is 0 Å². The van der Waals surface area contributed by atoms with Crippen molar-refractivity contribution in [1.82, 2.24) is 10.5 Å². The van der Waals surface area contributed by atoms with Crippen LogP contribution in [-0.4, -0.2) is 27.3 Å². The number of H-pyrrole nitrogens is 1. The van der Waals surface area contributed by atoms with Crippen LogP contribution in [0.15, 0.2) is 30.5 Å². The van der Waals surface area contributed by atoms with Crippen LogP contribution in [0, 0.1) is 0 Å². The molecule has 5 nitrogen and oxygen atoms in total. The molecular formula is C12H14N2O3. The summed E-state index contributed by atoms with van der Waals surface area (Å²) >= 11 is 0. The summed E-state index contributed by atoms with van der Waals surface area (Å²) < 4.78 is 0. The number of aromatic amines is 1. The Bertz CT molecular complexity index is 521. The number of aryl methyl sites for hydroxylation is 1. The Labute approximate surface area is 98.0 Å². The molecule has 4 N–H and O–H groups in total. The van der Waals surface area contributed by atoms with Crippen LogP contribution in [-0.2, 0) is 11.2 Å². The number of carboxylic acid groups (broad SMARTS) is 1. The number of benzene rings is 1. The van der Waals surface area contributed by atoms with Crippen molar-refractivity contribution in [3.05, 3.63) is 36.0 Å². The molecule has 0 aliphatic heterocycles. The average Bonchev–Trinajstić information content (AvgIpc) is 2.73. The van der Waals surface area contributed by atoms with Gasteiger partial charge in [0, 0.05) is 17.1 Å². The van der Waals surface area contributed by atoms with Crippen LogP contribution in [0.4, 0.5) is 0 Å². The van der Waals surface area contributed by atoms with Gasteiger partial charge in [-0.05, 0) is 24.5 Å². The second kappa shape index (κ2) is 4.99. The second-order valence-electron chi connectivity index (χ2n) is 3.92. The summed E-state index contributed by atoms with van der Waals surface area (Å²) in [5.74, 6) is -1.05. The van der Waals surface area contributed by atoms with Crippen molar-refractivity contribution in [3.8, 4) is 0 Å². The molecule has 2 aromatic rings. The number of carboxylic acids is 1. The molecule has 0 spiro atoms. The zero-order valence-electron chi connectivity index (χ0n) is 9.18. The van der Waals surface area contributed by atoms with E-state index in [1.807, 2.05) is 30.5 Å². The van der Waals surface area contributed by atoms with E-state index in [0.717, 1.165) is 16.5 Å². The van der Waals surface area contributed by atoms with E-state index in [4.69, 9.17) is 10.3 Å². The van der Waals surface area contributed by atoms with Crippen LogP contribution in [0.3, 0.4) is 0 Å². The van der Waals surface area contributed by atoms with Crippen molar-refractivity contribution in [3.63, 3.8) is 0 Å². The molecule has 17 heavy (non-hydrogen) atoms. The van der Waals surface area contributed by atoms with Gasteiger partial charge in [-0.1, -0.05) is 18.2 Å². The number of rotatable bonds is 5. The number of para-hydroxylation sites is 1. The molecule has 0 radical (unpaired) electrons. The highest BCUT2D eigenvalue weighted by Crippen LogP contribution is 2.19. The molecule has 90 valence electrons. The van der Waals surface area contributed by atoms with Gasteiger partial charge in [0.2, 0.25) is 0 Å². The van der Waals surface area contributed by atoms with Gasteiger partial charge in [-0.2, -0.15) is 5.48 Å². The van der Waals surface area contributed by atoms with E-state index >= 15 is 0 Å². The molecule has 1 aromatic carbocycles. The third-order valence-electron chi connectivity index (χ3n) is 2.83. The van der Waals surface area contributed by atoms with Crippen molar-refractivity contribution in [2.75, 3.05) is 0 Å². The van der Waals surface area contributed by atoms with Crippen molar-refractivity contribution in [1.29, 1.82) is 0 Å². The lowest BCUT2D eigenvalue weighted by Crippen LogP contribution is -2.34. The molecule has 0 amide bonds. The maximum Gasteiger partial charge on any atom is 0.323 e. The van der Waals surface area contributed by atoms with Gasteiger partial charge in [-0.25, -0.2) is 0 Å². The molecule has 1 aromatic heterocycles. The van der Waals surface area contributed by atoms with Crippen LogP contribution in [0.25, 0.3) is 10.9 Å². The summed E-state index contributed by atoms with van der Waals surface area (Å²) in [7, 11) is 0. The van der Waals surface area contributed by atoms with Crippen LogP contribution >= 0.6 is 0 Å². The first-order valence-corrected chi connectivity index (χ1v) is 5.40. The van der Waals surface area contributed by atoms with Crippen molar-refractivity contribution < 1.29 is 15.1 Å². The minimum Gasteiger partial charge on any atom is -0.480 e. The lowest BCUT2D eigenvalue weighted by Gasteiger charge is -2.08. The summed E-state index contributed by atoms with van der Waals surface area (Å²) in [4.78, 5) is 13.9. The topological polar surface area (TPSA) is 85.3 Å². The number of carbonyl (C=O) groups is 1. The third kappa shape index (κ3) is 2.46. The zero-order valence-corrected chi connectivity index (χ0v) is 9.18. The fourth-order valence-electron chi connectivity index (χ4n) is 1.88. The van der Waals surface area contributed by atoms with E-state index in [-0.39, 0.29) is 0 Å². The molecule has 0 fully saturated rings. The van der Waals surface area contributed by atoms with E-state index in [1.54, 1.807) is 5.48 Å². The summed E-state index contributed by atoms with van der Waals surface area (Å²) in [5, 5.41) is 18.6. The number of aromatic nitrogens is 1. The molecular weight excluding hydrogens is 220 g/mol. The average molecular weight is 234 g/mol. The Kier molecular flexibility index (Phi) is 3.41. The van der Waals surface area contributed by atoms with Gasteiger partial charge in [-0.15, -0.1) is 0 Å².